The number of hydrogen-bond donors (Lipinski definition) is 0. The monoisotopic (exact) mass is 448 g/mol. The molecule has 0 heterocycles. The van der Waals surface area contributed by atoms with Gasteiger partial charge in [0.25, 0.3) is 0 Å². The SMILES string of the molecule is CC(=O)[O-].CCCc1ccc([S+](c2ccc(CCC)cc2)c2ccc(CCC)cc2)cc1. The average molecular weight is 449 g/mol. The average Bonchev–Trinajstić information content (AvgIpc) is 2.78. The minimum Gasteiger partial charge on any atom is -0.550 e. The summed E-state index contributed by atoms with van der Waals surface area (Å²) in [6.07, 6.45) is 7.07. The van der Waals surface area contributed by atoms with Crippen LogP contribution in [-0.2, 0) is 35.0 Å². The van der Waals surface area contributed by atoms with Gasteiger partial charge in [0, 0.05) is 5.97 Å². The van der Waals surface area contributed by atoms with E-state index in [0.717, 1.165) is 26.2 Å². The van der Waals surface area contributed by atoms with Crippen molar-refractivity contribution in [3.8, 4) is 0 Å². The summed E-state index contributed by atoms with van der Waals surface area (Å²) in [5.41, 5.74) is 4.31. The molecular weight excluding hydrogens is 412 g/mol. The molecule has 0 spiro atoms. The van der Waals surface area contributed by atoms with Crippen LogP contribution in [0.5, 0.6) is 0 Å². The van der Waals surface area contributed by atoms with Crippen molar-refractivity contribution in [3.63, 3.8) is 0 Å². The van der Waals surface area contributed by atoms with Gasteiger partial charge in [-0.25, -0.2) is 0 Å². The molecule has 3 aromatic carbocycles. The van der Waals surface area contributed by atoms with Crippen LogP contribution in [0.25, 0.3) is 0 Å². The molecule has 0 atom stereocenters. The lowest BCUT2D eigenvalue weighted by Crippen LogP contribution is -2.16. The maximum absolute atomic E-state index is 8.89. The van der Waals surface area contributed by atoms with Crippen molar-refractivity contribution in [2.24, 2.45) is 0 Å². The molecule has 0 aromatic heterocycles. The molecule has 32 heavy (non-hydrogen) atoms. The van der Waals surface area contributed by atoms with Crippen molar-refractivity contribution in [2.45, 2.75) is 80.9 Å². The minimum atomic E-state index is -1.08. The fraction of sp³-hybridized carbons (Fsp3) is 0.345. The third kappa shape index (κ3) is 8.20. The molecule has 0 N–H and O–H groups in total. The van der Waals surface area contributed by atoms with E-state index in [1.807, 2.05) is 0 Å². The number of aryl methyl sites for hydroxylation is 3. The van der Waals surface area contributed by atoms with Crippen LogP contribution >= 0.6 is 0 Å². The Morgan fingerprint density at radius 1 is 0.594 bits per heavy atom. The van der Waals surface area contributed by atoms with Crippen molar-refractivity contribution in [3.05, 3.63) is 89.5 Å². The van der Waals surface area contributed by atoms with Crippen LogP contribution in [0.3, 0.4) is 0 Å². The highest BCUT2D eigenvalue weighted by atomic mass is 32.2. The standard InChI is InChI=1S/C27H33S.C2H4O2/c1-4-7-22-10-16-25(17-11-22)28(26-18-12-23(8-5-2)13-19-26)27-20-14-24(9-6-3)15-21-27;1-2(3)4/h10-21H,4-9H2,1-3H3;1H3,(H,3,4)/q+1;/p-1. The van der Waals surface area contributed by atoms with Gasteiger partial charge in [-0.1, -0.05) is 76.4 Å². The third-order valence-corrected chi connectivity index (χ3v) is 7.32. The number of benzene rings is 3. The predicted molar refractivity (Wildman–Crippen MR) is 134 cm³/mol. The Labute approximate surface area is 197 Å². The molecule has 0 saturated heterocycles. The number of carboxylic acids is 1. The molecule has 0 radical (unpaired) electrons. The summed E-state index contributed by atoms with van der Waals surface area (Å²) in [7, 11) is -0.0512. The summed E-state index contributed by atoms with van der Waals surface area (Å²) < 4.78 is 0. The van der Waals surface area contributed by atoms with Crippen LogP contribution in [0.1, 0.15) is 63.6 Å². The van der Waals surface area contributed by atoms with Crippen molar-refractivity contribution >= 4 is 16.9 Å². The fourth-order valence-corrected chi connectivity index (χ4v) is 5.69. The highest BCUT2D eigenvalue weighted by Gasteiger charge is 2.28. The molecule has 0 fully saturated rings. The molecule has 3 heteroatoms. The summed E-state index contributed by atoms with van der Waals surface area (Å²) in [6, 6.07) is 27.9. The molecular formula is C29H36O2S. The molecule has 3 rings (SSSR count). The van der Waals surface area contributed by atoms with E-state index in [2.05, 4.69) is 93.6 Å². The molecule has 0 aliphatic rings. The van der Waals surface area contributed by atoms with Gasteiger partial charge in [0.05, 0.1) is 10.9 Å². The number of aliphatic carboxylic acids is 1. The Balaban J connectivity index is 0.000000837. The largest absolute Gasteiger partial charge is 0.550 e. The zero-order chi connectivity index (χ0) is 23.3. The lowest BCUT2D eigenvalue weighted by atomic mass is 10.1. The zero-order valence-electron chi connectivity index (χ0n) is 19.9. The molecule has 170 valence electrons. The first kappa shape index (κ1) is 25.7. The van der Waals surface area contributed by atoms with Crippen molar-refractivity contribution in [2.75, 3.05) is 0 Å². The lowest BCUT2D eigenvalue weighted by molar-refractivity contribution is -0.302. The Bertz CT molecular complexity index is 807. The van der Waals surface area contributed by atoms with Crippen LogP contribution in [0, 0.1) is 0 Å². The van der Waals surface area contributed by atoms with E-state index in [9.17, 15) is 0 Å². The summed E-state index contributed by atoms with van der Waals surface area (Å²) in [4.78, 5) is 13.1. The van der Waals surface area contributed by atoms with E-state index in [1.165, 1.54) is 50.6 Å². The van der Waals surface area contributed by atoms with Crippen LogP contribution < -0.4 is 5.11 Å². The molecule has 2 nitrogen and oxygen atoms in total. The molecule has 0 saturated carbocycles. The highest BCUT2D eigenvalue weighted by molar-refractivity contribution is 7.97. The Hall–Kier alpha value is -2.52. The van der Waals surface area contributed by atoms with Crippen LogP contribution in [0.2, 0.25) is 0 Å². The molecule has 0 amide bonds. The van der Waals surface area contributed by atoms with Crippen molar-refractivity contribution in [1.29, 1.82) is 0 Å². The minimum absolute atomic E-state index is 0.0512. The summed E-state index contributed by atoms with van der Waals surface area (Å²) in [5, 5.41) is 8.89. The smallest absolute Gasteiger partial charge is 0.166 e. The summed E-state index contributed by atoms with van der Waals surface area (Å²) in [5.74, 6) is -1.08. The summed E-state index contributed by atoms with van der Waals surface area (Å²) >= 11 is 0. The Morgan fingerprint density at radius 3 is 1.00 bits per heavy atom. The number of hydrogen-bond acceptors (Lipinski definition) is 2. The second kappa shape index (κ2) is 13.8. The van der Waals surface area contributed by atoms with Gasteiger partial charge in [-0.3, -0.25) is 0 Å². The number of rotatable bonds is 9. The van der Waals surface area contributed by atoms with Crippen LogP contribution in [-0.4, -0.2) is 5.97 Å². The van der Waals surface area contributed by atoms with Crippen molar-refractivity contribution in [1.82, 2.24) is 0 Å². The van der Waals surface area contributed by atoms with Gasteiger partial charge in [0.2, 0.25) is 0 Å². The van der Waals surface area contributed by atoms with E-state index in [1.54, 1.807) is 0 Å². The first-order valence-electron chi connectivity index (χ1n) is 11.7. The Kier molecular flexibility index (Phi) is 11.1. The number of carbonyl (C=O) groups excluding carboxylic acids is 1. The lowest BCUT2D eigenvalue weighted by Gasteiger charge is -2.10. The maximum atomic E-state index is 8.89. The first-order valence-corrected chi connectivity index (χ1v) is 12.9. The van der Waals surface area contributed by atoms with E-state index in [-0.39, 0.29) is 10.9 Å². The van der Waals surface area contributed by atoms with E-state index in [4.69, 9.17) is 9.90 Å². The second-order valence-corrected chi connectivity index (χ2v) is 10.0. The molecule has 0 bridgehead atoms. The van der Waals surface area contributed by atoms with Gasteiger partial charge < -0.3 is 9.90 Å². The molecule has 3 aromatic rings. The second-order valence-electron chi connectivity index (χ2n) is 7.98. The molecule has 0 aliphatic carbocycles. The van der Waals surface area contributed by atoms with Gasteiger partial charge in [-0.2, -0.15) is 0 Å². The van der Waals surface area contributed by atoms with Gasteiger partial charge in [-0.05, 0) is 79.3 Å². The summed E-state index contributed by atoms with van der Waals surface area (Å²) in [6.45, 7) is 7.70. The van der Waals surface area contributed by atoms with Crippen molar-refractivity contribution < 1.29 is 9.90 Å². The quantitative estimate of drug-likeness (QED) is 0.356. The van der Waals surface area contributed by atoms with Crippen LogP contribution in [0.15, 0.2) is 87.5 Å². The zero-order valence-corrected chi connectivity index (χ0v) is 20.7. The molecule has 0 unspecified atom stereocenters. The maximum Gasteiger partial charge on any atom is 0.166 e. The first-order chi connectivity index (χ1) is 15.5. The number of carboxylic acid groups (broad SMARTS) is 1. The normalized spacial score (nSPS) is 10.5. The fourth-order valence-electron chi connectivity index (χ4n) is 3.65. The van der Waals surface area contributed by atoms with Gasteiger partial charge in [0.1, 0.15) is 0 Å². The van der Waals surface area contributed by atoms with Gasteiger partial charge >= 0.3 is 0 Å². The van der Waals surface area contributed by atoms with E-state index < -0.39 is 5.97 Å². The van der Waals surface area contributed by atoms with E-state index >= 15 is 0 Å². The molecule has 0 aliphatic heterocycles. The van der Waals surface area contributed by atoms with Gasteiger partial charge in [-0.15, -0.1) is 0 Å². The third-order valence-electron chi connectivity index (χ3n) is 5.09. The van der Waals surface area contributed by atoms with Crippen LogP contribution in [0.4, 0.5) is 0 Å². The topological polar surface area (TPSA) is 40.1 Å². The number of carbonyl (C=O) groups is 1. The van der Waals surface area contributed by atoms with Gasteiger partial charge in [0.15, 0.2) is 14.7 Å². The predicted octanol–water partition coefficient (Wildman–Crippen LogP) is 6.40. The Morgan fingerprint density at radius 2 is 0.812 bits per heavy atom. The van der Waals surface area contributed by atoms with E-state index in [0.29, 0.717) is 0 Å². The highest BCUT2D eigenvalue weighted by Crippen LogP contribution is 2.32.